The van der Waals surface area contributed by atoms with Gasteiger partial charge in [-0.15, -0.1) is 0 Å². The lowest BCUT2D eigenvalue weighted by Gasteiger charge is -2.07. The molecule has 0 unspecified atom stereocenters. The molecular weight excluding hydrogens is 200 g/mol. The number of para-hydroxylation sites is 1. The van der Waals surface area contributed by atoms with E-state index in [9.17, 15) is 0 Å². The Kier molecular flexibility index (Phi) is 3.37. The zero-order chi connectivity index (χ0) is 11.4. The highest BCUT2D eigenvalue weighted by Gasteiger charge is 2.03. The summed E-state index contributed by atoms with van der Waals surface area (Å²) in [7, 11) is 3.60. The van der Waals surface area contributed by atoms with Crippen molar-refractivity contribution in [3.8, 4) is 0 Å². The minimum atomic E-state index is 0.727. The number of nitrogens with one attached hydrogen (secondary N) is 1. The number of hydrogen-bond donors (Lipinski definition) is 1. The normalized spacial score (nSPS) is 10.6. The van der Waals surface area contributed by atoms with Gasteiger partial charge in [-0.3, -0.25) is 0 Å². The summed E-state index contributed by atoms with van der Waals surface area (Å²) >= 11 is 0. The summed E-state index contributed by atoms with van der Waals surface area (Å²) in [6.45, 7) is 0.727. The summed E-state index contributed by atoms with van der Waals surface area (Å²) in [6, 6.07) is 10.3. The number of nitrogens with zero attached hydrogens (tertiary/aromatic N) is 1. The number of hydrogen-bond acceptors (Lipinski definition) is 3. The molecule has 2 rings (SSSR count). The maximum atomic E-state index is 5.11. The third-order valence-corrected chi connectivity index (χ3v) is 2.64. The molecular formula is C13H16N2O. The molecule has 0 radical (unpaired) electrons. The molecule has 0 fully saturated rings. The molecule has 3 heteroatoms. The molecule has 1 aromatic heterocycles. The zero-order valence-electron chi connectivity index (χ0n) is 9.66. The quantitative estimate of drug-likeness (QED) is 0.852. The number of fused-ring (bicyclic) bond motifs is 1. The van der Waals surface area contributed by atoms with Crippen molar-refractivity contribution in [2.24, 2.45) is 0 Å². The number of ether oxygens (including phenoxy) is 1. The minimum absolute atomic E-state index is 0.727. The Bertz CT molecular complexity index is 482. The standard InChI is InChI=1S/C13H16N2O/c1-14-12-7-6-10-4-3-5-11(8-9-16-2)13(10)15-12/h3-7H,8-9H2,1-2H3,(H,14,15). The first-order chi connectivity index (χ1) is 7.85. The summed E-state index contributed by atoms with van der Waals surface area (Å²) in [4.78, 5) is 4.58. The van der Waals surface area contributed by atoms with Gasteiger partial charge in [-0.2, -0.15) is 0 Å². The Morgan fingerprint density at radius 2 is 2.12 bits per heavy atom. The van der Waals surface area contributed by atoms with Gasteiger partial charge in [-0.25, -0.2) is 4.98 Å². The van der Waals surface area contributed by atoms with Crippen LogP contribution in [0.5, 0.6) is 0 Å². The van der Waals surface area contributed by atoms with Crippen LogP contribution in [0, 0.1) is 0 Å². The Balaban J connectivity index is 2.46. The summed E-state index contributed by atoms with van der Waals surface area (Å²) < 4.78 is 5.11. The maximum Gasteiger partial charge on any atom is 0.126 e. The van der Waals surface area contributed by atoms with E-state index in [1.165, 1.54) is 10.9 Å². The van der Waals surface area contributed by atoms with Crippen molar-refractivity contribution in [1.29, 1.82) is 0 Å². The van der Waals surface area contributed by atoms with E-state index in [0.29, 0.717) is 0 Å². The van der Waals surface area contributed by atoms with Gasteiger partial charge in [0.2, 0.25) is 0 Å². The van der Waals surface area contributed by atoms with Crippen molar-refractivity contribution in [3.05, 3.63) is 35.9 Å². The first kappa shape index (κ1) is 10.9. The van der Waals surface area contributed by atoms with E-state index in [1.807, 2.05) is 13.1 Å². The Morgan fingerprint density at radius 3 is 2.88 bits per heavy atom. The predicted octanol–water partition coefficient (Wildman–Crippen LogP) is 2.47. The van der Waals surface area contributed by atoms with Gasteiger partial charge < -0.3 is 10.1 Å². The molecule has 0 aliphatic carbocycles. The van der Waals surface area contributed by atoms with E-state index in [4.69, 9.17) is 4.74 Å². The van der Waals surface area contributed by atoms with E-state index in [1.54, 1.807) is 7.11 Å². The number of aromatic nitrogens is 1. The average Bonchev–Trinajstić information content (AvgIpc) is 2.35. The molecule has 0 atom stereocenters. The highest BCUT2D eigenvalue weighted by molar-refractivity contribution is 5.83. The molecule has 1 N–H and O–H groups in total. The Labute approximate surface area is 95.5 Å². The van der Waals surface area contributed by atoms with E-state index >= 15 is 0 Å². The molecule has 84 valence electrons. The fourth-order valence-electron chi connectivity index (χ4n) is 1.76. The molecule has 2 aromatic rings. The van der Waals surface area contributed by atoms with Crippen LogP contribution in [0.3, 0.4) is 0 Å². The summed E-state index contributed by atoms with van der Waals surface area (Å²) in [6.07, 6.45) is 0.897. The topological polar surface area (TPSA) is 34.1 Å². The minimum Gasteiger partial charge on any atom is -0.384 e. The van der Waals surface area contributed by atoms with Crippen LogP contribution in [0.1, 0.15) is 5.56 Å². The number of rotatable bonds is 4. The van der Waals surface area contributed by atoms with Gasteiger partial charge in [0, 0.05) is 19.5 Å². The number of pyridine rings is 1. The number of methoxy groups -OCH3 is 1. The Hall–Kier alpha value is -1.61. The van der Waals surface area contributed by atoms with Crippen molar-refractivity contribution < 1.29 is 4.74 Å². The Morgan fingerprint density at radius 1 is 1.25 bits per heavy atom. The predicted molar refractivity (Wildman–Crippen MR) is 66.9 cm³/mol. The van der Waals surface area contributed by atoms with Crippen LogP contribution in [0.15, 0.2) is 30.3 Å². The third kappa shape index (κ3) is 2.14. The molecule has 3 nitrogen and oxygen atoms in total. The molecule has 0 amide bonds. The fourth-order valence-corrected chi connectivity index (χ4v) is 1.76. The molecule has 0 saturated carbocycles. The van der Waals surface area contributed by atoms with Crippen LogP contribution in [0.25, 0.3) is 10.9 Å². The third-order valence-electron chi connectivity index (χ3n) is 2.64. The van der Waals surface area contributed by atoms with E-state index in [0.717, 1.165) is 24.4 Å². The van der Waals surface area contributed by atoms with Crippen LogP contribution >= 0.6 is 0 Å². The maximum absolute atomic E-state index is 5.11. The monoisotopic (exact) mass is 216 g/mol. The first-order valence-electron chi connectivity index (χ1n) is 5.40. The molecule has 0 bridgehead atoms. The van der Waals surface area contributed by atoms with Gasteiger partial charge in [0.1, 0.15) is 5.82 Å². The van der Waals surface area contributed by atoms with Crippen molar-refractivity contribution in [1.82, 2.24) is 4.98 Å². The molecule has 16 heavy (non-hydrogen) atoms. The van der Waals surface area contributed by atoms with Gasteiger partial charge >= 0.3 is 0 Å². The molecule has 1 heterocycles. The molecule has 0 aliphatic rings. The van der Waals surface area contributed by atoms with Crippen molar-refractivity contribution in [3.63, 3.8) is 0 Å². The first-order valence-corrected chi connectivity index (χ1v) is 5.40. The molecule has 0 aliphatic heterocycles. The lowest BCUT2D eigenvalue weighted by atomic mass is 10.1. The van der Waals surface area contributed by atoms with Gasteiger partial charge in [0.25, 0.3) is 0 Å². The molecule has 1 aromatic carbocycles. The van der Waals surface area contributed by atoms with Gasteiger partial charge in [-0.1, -0.05) is 18.2 Å². The zero-order valence-corrected chi connectivity index (χ0v) is 9.66. The summed E-state index contributed by atoms with van der Waals surface area (Å²) in [5.74, 6) is 0.900. The van der Waals surface area contributed by atoms with E-state index in [2.05, 4.69) is 34.6 Å². The number of anilines is 1. The van der Waals surface area contributed by atoms with Crippen LogP contribution in [-0.2, 0) is 11.2 Å². The molecule has 0 spiro atoms. The lowest BCUT2D eigenvalue weighted by Crippen LogP contribution is -1.98. The van der Waals surface area contributed by atoms with Gasteiger partial charge in [0.15, 0.2) is 0 Å². The van der Waals surface area contributed by atoms with Crippen LogP contribution in [0.2, 0.25) is 0 Å². The second kappa shape index (κ2) is 4.94. The largest absolute Gasteiger partial charge is 0.384 e. The molecule has 0 saturated heterocycles. The summed E-state index contributed by atoms with van der Waals surface area (Å²) in [5.41, 5.74) is 2.29. The van der Waals surface area contributed by atoms with Crippen LogP contribution in [0.4, 0.5) is 5.82 Å². The fraction of sp³-hybridized carbons (Fsp3) is 0.308. The van der Waals surface area contributed by atoms with Gasteiger partial charge in [-0.05, 0) is 24.1 Å². The van der Waals surface area contributed by atoms with E-state index in [-0.39, 0.29) is 0 Å². The lowest BCUT2D eigenvalue weighted by molar-refractivity contribution is 0.202. The summed E-state index contributed by atoms with van der Waals surface area (Å²) in [5, 5.41) is 4.23. The highest BCUT2D eigenvalue weighted by atomic mass is 16.5. The highest BCUT2D eigenvalue weighted by Crippen LogP contribution is 2.19. The van der Waals surface area contributed by atoms with Crippen molar-refractivity contribution >= 4 is 16.7 Å². The second-order valence-corrected chi connectivity index (χ2v) is 3.68. The van der Waals surface area contributed by atoms with Crippen LogP contribution < -0.4 is 5.32 Å². The van der Waals surface area contributed by atoms with Crippen LogP contribution in [-0.4, -0.2) is 25.7 Å². The van der Waals surface area contributed by atoms with Crippen molar-refractivity contribution in [2.45, 2.75) is 6.42 Å². The van der Waals surface area contributed by atoms with Gasteiger partial charge in [0.05, 0.1) is 12.1 Å². The van der Waals surface area contributed by atoms with Crippen molar-refractivity contribution in [2.75, 3.05) is 26.1 Å². The smallest absolute Gasteiger partial charge is 0.126 e. The number of benzene rings is 1. The average molecular weight is 216 g/mol. The van der Waals surface area contributed by atoms with E-state index < -0.39 is 0 Å². The second-order valence-electron chi connectivity index (χ2n) is 3.68. The SMILES string of the molecule is CNc1ccc2cccc(CCOC)c2n1.